The number of fused-ring (bicyclic) bond motifs is 1. The van der Waals surface area contributed by atoms with Gasteiger partial charge in [0.25, 0.3) is 0 Å². The van der Waals surface area contributed by atoms with Gasteiger partial charge in [-0.15, -0.1) is 0 Å². The van der Waals surface area contributed by atoms with Crippen molar-refractivity contribution in [2.75, 3.05) is 0 Å². The lowest BCUT2D eigenvalue weighted by molar-refractivity contribution is 0.754. The van der Waals surface area contributed by atoms with E-state index in [2.05, 4.69) is 37.0 Å². The molecule has 1 aliphatic rings. The highest BCUT2D eigenvalue weighted by molar-refractivity contribution is 5.60. The van der Waals surface area contributed by atoms with Gasteiger partial charge in [-0.2, -0.15) is 0 Å². The summed E-state index contributed by atoms with van der Waals surface area (Å²) in [5.41, 5.74) is 5.19. The molecule has 0 saturated heterocycles. The molecule has 1 heteroatoms. The van der Waals surface area contributed by atoms with Crippen LogP contribution in [0.25, 0.3) is 6.08 Å². The fourth-order valence-corrected chi connectivity index (χ4v) is 1.70. The second-order valence-corrected chi connectivity index (χ2v) is 4.05. The molecule has 0 saturated carbocycles. The van der Waals surface area contributed by atoms with Gasteiger partial charge < -0.3 is 0 Å². The first kappa shape index (κ1) is 8.49. The van der Waals surface area contributed by atoms with Gasteiger partial charge in [-0.3, -0.25) is 4.98 Å². The Hall–Kier alpha value is -1.11. The summed E-state index contributed by atoms with van der Waals surface area (Å²) in [4.78, 5) is 4.51. The van der Waals surface area contributed by atoms with Crippen LogP contribution in [0.15, 0.2) is 17.7 Å². The maximum absolute atomic E-state index is 4.51. The molecule has 1 nitrogen and oxygen atoms in total. The number of hydrogen-bond acceptors (Lipinski definition) is 1. The molecule has 0 aromatic carbocycles. The number of aryl methyl sites for hydroxylation is 1. The van der Waals surface area contributed by atoms with Crippen LogP contribution in [0.2, 0.25) is 0 Å². The first-order valence-corrected chi connectivity index (χ1v) is 4.84. The second-order valence-electron chi connectivity index (χ2n) is 4.05. The molecule has 1 heterocycles. The van der Waals surface area contributed by atoms with Gasteiger partial charge in [-0.1, -0.05) is 25.5 Å². The highest BCUT2D eigenvalue weighted by Crippen LogP contribution is 2.27. The number of nitrogens with zero attached hydrogens (tertiary/aromatic N) is 1. The molecule has 68 valence electrons. The molecule has 1 aromatic rings. The number of hydrogen-bond donors (Lipinski definition) is 0. The minimum Gasteiger partial charge on any atom is -0.253 e. The van der Waals surface area contributed by atoms with E-state index in [1.54, 1.807) is 0 Å². The summed E-state index contributed by atoms with van der Waals surface area (Å²) in [6.45, 7) is 6.52. The standard InChI is InChI=1S/C12H15N/c1-8(2)11-6-10-5-4-9(3)13-12(10)7-11/h4-5,7-8H,6H2,1-3H3. The van der Waals surface area contributed by atoms with Crippen molar-refractivity contribution in [1.82, 2.24) is 4.98 Å². The Morgan fingerprint density at radius 2 is 2.08 bits per heavy atom. The van der Waals surface area contributed by atoms with Gasteiger partial charge in [0, 0.05) is 5.69 Å². The van der Waals surface area contributed by atoms with Crippen LogP contribution in [0.3, 0.4) is 0 Å². The van der Waals surface area contributed by atoms with E-state index in [1.807, 2.05) is 6.92 Å². The van der Waals surface area contributed by atoms with E-state index in [1.165, 1.54) is 16.8 Å². The normalized spacial score (nSPS) is 14.6. The van der Waals surface area contributed by atoms with Crippen molar-refractivity contribution in [2.24, 2.45) is 5.92 Å². The average Bonchev–Trinajstić information content (AvgIpc) is 2.46. The summed E-state index contributed by atoms with van der Waals surface area (Å²) in [6.07, 6.45) is 3.34. The zero-order chi connectivity index (χ0) is 9.42. The predicted molar refractivity (Wildman–Crippen MR) is 55.5 cm³/mol. The van der Waals surface area contributed by atoms with Crippen molar-refractivity contribution in [3.8, 4) is 0 Å². The summed E-state index contributed by atoms with van der Waals surface area (Å²) in [5, 5.41) is 0. The minimum absolute atomic E-state index is 0.648. The van der Waals surface area contributed by atoms with Crippen LogP contribution in [0, 0.1) is 12.8 Å². The molecule has 0 radical (unpaired) electrons. The van der Waals surface area contributed by atoms with Crippen molar-refractivity contribution in [3.63, 3.8) is 0 Å². The van der Waals surface area contributed by atoms with Crippen LogP contribution in [0.5, 0.6) is 0 Å². The highest BCUT2D eigenvalue weighted by Gasteiger charge is 2.15. The molecule has 0 amide bonds. The highest BCUT2D eigenvalue weighted by atomic mass is 14.7. The average molecular weight is 173 g/mol. The Bertz CT molecular complexity index is 361. The quantitative estimate of drug-likeness (QED) is 0.636. The molecule has 0 unspecified atom stereocenters. The second kappa shape index (κ2) is 2.99. The molecular formula is C12H15N. The number of pyridine rings is 1. The van der Waals surface area contributed by atoms with Crippen LogP contribution < -0.4 is 0 Å². The summed E-state index contributed by atoms with van der Waals surface area (Å²) in [5.74, 6) is 0.648. The Morgan fingerprint density at radius 3 is 2.77 bits per heavy atom. The van der Waals surface area contributed by atoms with E-state index in [-0.39, 0.29) is 0 Å². The van der Waals surface area contributed by atoms with Gasteiger partial charge in [-0.25, -0.2) is 0 Å². The predicted octanol–water partition coefficient (Wildman–Crippen LogP) is 2.99. The summed E-state index contributed by atoms with van der Waals surface area (Å²) >= 11 is 0. The van der Waals surface area contributed by atoms with E-state index in [4.69, 9.17) is 0 Å². The molecule has 0 bridgehead atoms. The van der Waals surface area contributed by atoms with Crippen molar-refractivity contribution in [3.05, 3.63) is 34.7 Å². The summed E-state index contributed by atoms with van der Waals surface area (Å²) < 4.78 is 0. The summed E-state index contributed by atoms with van der Waals surface area (Å²) in [7, 11) is 0. The molecule has 0 fully saturated rings. The van der Waals surface area contributed by atoms with Crippen LogP contribution in [0.1, 0.15) is 30.8 Å². The largest absolute Gasteiger partial charge is 0.253 e. The molecule has 13 heavy (non-hydrogen) atoms. The SMILES string of the molecule is Cc1ccc2c(n1)C=C(C(C)C)C2. The van der Waals surface area contributed by atoms with Crippen LogP contribution in [0.4, 0.5) is 0 Å². The molecule has 0 atom stereocenters. The Kier molecular flexibility index (Phi) is 1.95. The Morgan fingerprint density at radius 1 is 1.31 bits per heavy atom. The fraction of sp³-hybridized carbons (Fsp3) is 0.417. The monoisotopic (exact) mass is 173 g/mol. The molecule has 1 aromatic heterocycles. The Balaban J connectivity index is 2.38. The molecule has 0 N–H and O–H groups in total. The molecule has 0 aliphatic heterocycles. The molecule has 1 aliphatic carbocycles. The number of rotatable bonds is 1. The lowest BCUT2D eigenvalue weighted by Gasteiger charge is -2.03. The summed E-state index contributed by atoms with van der Waals surface area (Å²) in [6, 6.07) is 4.29. The minimum atomic E-state index is 0.648. The van der Waals surface area contributed by atoms with Gasteiger partial charge in [0.15, 0.2) is 0 Å². The number of aromatic nitrogens is 1. The third kappa shape index (κ3) is 1.51. The maximum atomic E-state index is 4.51. The van der Waals surface area contributed by atoms with E-state index in [9.17, 15) is 0 Å². The van der Waals surface area contributed by atoms with Crippen molar-refractivity contribution < 1.29 is 0 Å². The van der Waals surface area contributed by atoms with Gasteiger partial charge in [-0.05, 0) is 37.0 Å². The van der Waals surface area contributed by atoms with Crippen molar-refractivity contribution in [1.29, 1.82) is 0 Å². The zero-order valence-electron chi connectivity index (χ0n) is 8.46. The third-order valence-electron chi connectivity index (χ3n) is 2.61. The number of allylic oxidation sites excluding steroid dienone is 1. The molecule has 2 rings (SSSR count). The Labute approximate surface area is 79.5 Å². The fourth-order valence-electron chi connectivity index (χ4n) is 1.70. The van der Waals surface area contributed by atoms with E-state index < -0.39 is 0 Å². The molecule has 0 spiro atoms. The lowest BCUT2D eigenvalue weighted by atomic mass is 10.0. The van der Waals surface area contributed by atoms with Crippen LogP contribution >= 0.6 is 0 Å². The first-order chi connectivity index (χ1) is 6.16. The van der Waals surface area contributed by atoms with E-state index in [0.29, 0.717) is 5.92 Å². The van der Waals surface area contributed by atoms with Crippen molar-refractivity contribution in [2.45, 2.75) is 27.2 Å². The topological polar surface area (TPSA) is 12.9 Å². The van der Waals surface area contributed by atoms with E-state index >= 15 is 0 Å². The van der Waals surface area contributed by atoms with Gasteiger partial charge in [0.05, 0.1) is 5.69 Å². The van der Waals surface area contributed by atoms with Gasteiger partial charge in [0.2, 0.25) is 0 Å². The van der Waals surface area contributed by atoms with Gasteiger partial charge >= 0.3 is 0 Å². The van der Waals surface area contributed by atoms with E-state index in [0.717, 1.165) is 12.1 Å². The van der Waals surface area contributed by atoms with Crippen LogP contribution in [-0.4, -0.2) is 4.98 Å². The third-order valence-corrected chi connectivity index (χ3v) is 2.61. The maximum Gasteiger partial charge on any atom is 0.0667 e. The van der Waals surface area contributed by atoms with Crippen LogP contribution in [-0.2, 0) is 6.42 Å². The zero-order valence-corrected chi connectivity index (χ0v) is 8.46. The first-order valence-electron chi connectivity index (χ1n) is 4.84. The lowest BCUT2D eigenvalue weighted by Crippen LogP contribution is -1.93. The molecular weight excluding hydrogens is 158 g/mol. The van der Waals surface area contributed by atoms with Crippen molar-refractivity contribution >= 4 is 6.08 Å². The smallest absolute Gasteiger partial charge is 0.0667 e. The van der Waals surface area contributed by atoms with Gasteiger partial charge in [0.1, 0.15) is 0 Å².